The Morgan fingerprint density at radius 3 is 0.878 bits per heavy atom. The minimum atomic E-state index is 0.781. The molecule has 0 aliphatic heterocycles. The van der Waals surface area contributed by atoms with Crippen LogP contribution in [0.1, 0.15) is 0 Å². The molecule has 0 saturated heterocycles. The Hall–Kier alpha value is -12.0. The van der Waals surface area contributed by atoms with E-state index in [0.717, 1.165) is 155 Å². The summed E-state index contributed by atoms with van der Waals surface area (Å²) in [7, 11) is 0. The average molecular weight is 1150 g/mol. The van der Waals surface area contributed by atoms with E-state index in [9.17, 15) is 0 Å². The van der Waals surface area contributed by atoms with Gasteiger partial charge in [0.2, 0.25) is 0 Å². The van der Waals surface area contributed by atoms with Gasteiger partial charge in [0, 0.05) is 61.2 Å². The van der Waals surface area contributed by atoms with Crippen LogP contribution in [0.2, 0.25) is 0 Å². The molecule has 90 heavy (non-hydrogen) atoms. The van der Waals surface area contributed by atoms with E-state index in [1.807, 2.05) is 0 Å². The highest BCUT2D eigenvalue weighted by molar-refractivity contribution is 6.19. The quantitative estimate of drug-likeness (QED) is 0.122. The Morgan fingerprint density at radius 1 is 0.178 bits per heavy atom. The van der Waals surface area contributed by atoms with E-state index in [4.69, 9.17) is 8.83 Å². The van der Waals surface area contributed by atoms with Gasteiger partial charge >= 0.3 is 0 Å². The first-order valence-corrected chi connectivity index (χ1v) is 30.7. The van der Waals surface area contributed by atoms with Crippen LogP contribution >= 0.6 is 0 Å². The number of nitrogens with zero attached hydrogens (tertiary/aromatic N) is 2. The summed E-state index contributed by atoms with van der Waals surface area (Å²) < 4.78 is 13.8. The summed E-state index contributed by atoms with van der Waals surface area (Å²) >= 11 is 0. The zero-order valence-corrected chi connectivity index (χ0v) is 49.0. The smallest absolute Gasteiger partial charge is 0.139 e. The van der Waals surface area contributed by atoms with Gasteiger partial charge in [0.25, 0.3) is 0 Å². The normalized spacial score (nSPS) is 11.6. The number of fused-ring (bicyclic) bond motifs is 8. The molecule has 0 N–H and O–H groups in total. The fourth-order valence-electron chi connectivity index (χ4n) is 13.4. The molecule has 0 bridgehead atoms. The maximum Gasteiger partial charge on any atom is 0.139 e. The van der Waals surface area contributed by atoms with Crippen molar-refractivity contribution in [1.29, 1.82) is 0 Å². The Morgan fingerprint density at radius 2 is 0.489 bits per heavy atom. The van der Waals surface area contributed by atoms with Crippen LogP contribution in [0.15, 0.2) is 349 Å². The molecule has 0 aliphatic rings. The molecule has 17 rings (SSSR count). The highest BCUT2D eigenvalue weighted by Crippen LogP contribution is 2.50. The molecular weight excluding hydrogens is 1090 g/mol. The molecule has 0 amide bonds. The van der Waals surface area contributed by atoms with E-state index in [-0.39, 0.29) is 0 Å². The standard InChI is InChI=1S/C86H56N2O2/c1-7-23-57(24-8-1)63-41-45-81(73(49-63)61-31-15-5-16-32-61)87(79-37-21-19-35-71(79)59-27-11-3-12-28-59)69-43-39-65-51-75-77-55-78-76-52-66-40-44-70(48-68(66)54-84(76)90-86(78)56-85(77)89-83(75)53-67(65)47-69)88(80-38-22-20-36-72(80)60-29-13-4-14-30-60)82-46-42-64(58-25-9-2-10-26-58)50-74(82)62-33-17-6-18-34-62/h1-56H. The summed E-state index contributed by atoms with van der Waals surface area (Å²) in [5, 5.41) is 8.60. The van der Waals surface area contributed by atoms with Gasteiger partial charge in [-0.15, -0.1) is 0 Å². The summed E-state index contributed by atoms with van der Waals surface area (Å²) in [6.45, 7) is 0. The third-order valence-corrected chi connectivity index (χ3v) is 17.8. The van der Waals surface area contributed by atoms with E-state index in [2.05, 4.69) is 350 Å². The van der Waals surface area contributed by atoms with Crippen LogP contribution in [0.4, 0.5) is 34.1 Å². The van der Waals surface area contributed by atoms with Crippen molar-refractivity contribution in [2.24, 2.45) is 0 Å². The minimum absolute atomic E-state index is 0.781. The Labute approximate surface area is 521 Å². The molecule has 0 saturated carbocycles. The molecule has 0 radical (unpaired) electrons. The zero-order chi connectivity index (χ0) is 59.5. The first-order chi connectivity index (χ1) is 44.6. The van der Waals surface area contributed by atoms with Crippen molar-refractivity contribution in [2.45, 2.75) is 0 Å². The highest BCUT2D eigenvalue weighted by Gasteiger charge is 2.25. The summed E-state index contributed by atoms with van der Waals surface area (Å²) in [5.74, 6) is 0. The van der Waals surface area contributed by atoms with E-state index < -0.39 is 0 Å². The molecule has 422 valence electrons. The van der Waals surface area contributed by atoms with E-state index in [1.54, 1.807) is 0 Å². The van der Waals surface area contributed by atoms with Gasteiger partial charge < -0.3 is 18.6 Å². The SMILES string of the molecule is c1ccc(-c2ccc(N(c3ccc4cc5c(cc4c3)oc3cc4oc6cc7cc(N(c8ccccc8-c8ccccc8)c8ccc(-c9ccccc9)cc8-c8ccccc8)ccc7cc6c4cc35)c3ccccc3-c3ccccc3)c(-c3ccccc3)c2)cc1. The number of anilines is 6. The van der Waals surface area contributed by atoms with Gasteiger partial charge in [-0.2, -0.15) is 0 Å². The lowest BCUT2D eigenvalue weighted by Gasteiger charge is -2.30. The number of hydrogen-bond acceptors (Lipinski definition) is 4. The first kappa shape index (κ1) is 52.4. The van der Waals surface area contributed by atoms with Gasteiger partial charge in [-0.1, -0.05) is 243 Å². The second-order valence-electron chi connectivity index (χ2n) is 23.2. The summed E-state index contributed by atoms with van der Waals surface area (Å²) in [6, 6.07) is 122. The zero-order valence-electron chi connectivity index (χ0n) is 49.0. The fraction of sp³-hybridized carbons (Fsp3) is 0. The monoisotopic (exact) mass is 1150 g/mol. The van der Waals surface area contributed by atoms with Gasteiger partial charge in [0.05, 0.1) is 22.7 Å². The molecule has 15 aromatic carbocycles. The lowest BCUT2D eigenvalue weighted by molar-refractivity contribution is 0.656. The summed E-state index contributed by atoms with van der Waals surface area (Å²) in [5.41, 5.74) is 23.4. The lowest BCUT2D eigenvalue weighted by Crippen LogP contribution is -2.12. The van der Waals surface area contributed by atoms with Crippen LogP contribution in [0.3, 0.4) is 0 Å². The van der Waals surface area contributed by atoms with Gasteiger partial charge in [-0.3, -0.25) is 0 Å². The van der Waals surface area contributed by atoms with Gasteiger partial charge in [-0.05, 0) is 157 Å². The lowest BCUT2D eigenvalue weighted by atomic mass is 9.95. The maximum absolute atomic E-state index is 6.88. The number of furan rings is 2. The first-order valence-electron chi connectivity index (χ1n) is 30.7. The van der Waals surface area contributed by atoms with Gasteiger partial charge in [0.15, 0.2) is 0 Å². The summed E-state index contributed by atoms with van der Waals surface area (Å²) in [4.78, 5) is 4.86. The number of hydrogen-bond donors (Lipinski definition) is 0. The largest absolute Gasteiger partial charge is 0.456 e. The predicted octanol–water partition coefficient (Wildman–Crippen LogP) is 24.7. The van der Waals surface area contributed by atoms with E-state index in [0.29, 0.717) is 0 Å². The number of rotatable bonds is 12. The van der Waals surface area contributed by atoms with Crippen molar-refractivity contribution < 1.29 is 8.83 Å². The van der Waals surface area contributed by atoms with Crippen LogP contribution in [0.5, 0.6) is 0 Å². The van der Waals surface area contributed by atoms with E-state index >= 15 is 0 Å². The molecule has 17 aromatic rings. The van der Waals surface area contributed by atoms with Crippen LogP contribution in [-0.2, 0) is 0 Å². The molecule has 0 fully saturated rings. The third-order valence-electron chi connectivity index (χ3n) is 17.8. The van der Waals surface area contributed by atoms with Crippen molar-refractivity contribution in [1.82, 2.24) is 0 Å². The van der Waals surface area contributed by atoms with Crippen molar-refractivity contribution >= 4 is 99.5 Å². The van der Waals surface area contributed by atoms with Gasteiger partial charge in [-0.25, -0.2) is 0 Å². The molecule has 0 unspecified atom stereocenters. The van der Waals surface area contributed by atoms with Crippen LogP contribution < -0.4 is 9.80 Å². The molecule has 2 aromatic heterocycles. The highest BCUT2D eigenvalue weighted by atomic mass is 16.3. The molecule has 2 heterocycles. The van der Waals surface area contributed by atoms with Crippen molar-refractivity contribution in [2.75, 3.05) is 9.80 Å². The van der Waals surface area contributed by atoms with Crippen LogP contribution in [-0.4, -0.2) is 0 Å². The fourth-order valence-corrected chi connectivity index (χ4v) is 13.4. The second kappa shape index (κ2) is 22.1. The molecule has 0 spiro atoms. The Balaban J connectivity index is 0.785. The van der Waals surface area contributed by atoms with E-state index in [1.165, 1.54) is 11.1 Å². The second-order valence-corrected chi connectivity index (χ2v) is 23.2. The maximum atomic E-state index is 6.88. The number of benzene rings is 15. The molecule has 4 nitrogen and oxygen atoms in total. The molecular formula is C86H56N2O2. The molecule has 0 atom stereocenters. The predicted molar refractivity (Wildman–Crippen MR) is 378 cm³/mol. The number of para-hydroxylation sites is 2. The summed E-state index contributed by atoms with van der Waals surface area (Å²) in [6.07, 6.45) is 0. The Bertz CT molecular complexity index is 5180. The van der Waals surface area contributed by atoms with Crippen molar-refractivity contribution in [3.63, 3.8) is 0 Å². The van der Waals surface area contributed by atoms with Crippen molar-refractivity contribution in [3.8, 4) is 66.8 Å². The average Bonchev–Trinajstić information content (AvgIpc) is 1.51. The van der Waals surface area contributed by atoms with Crippen LogP contribution in [0, 0.1) is 0 Å². The van der Waals surface area contributed by atoms with Gasteiger partial charge in [0.1, 0.15) is 22.3 Å². The molecule has 0 aliphatic carbocycles. The Kier molecular flexibility index (Phi) is 12.8. The van der Waals surface area contributed by atoms with Crippen LogP contribution in [0.25, 0.3) is 132 Å². The molecule has 4 heteroatoms. The topological polar surface area (TPSA) is 32.8 Å². The minimum Gasteiger partial charge on any atom is -0.456 e. The van der Waals surface area contributed by atoms with Crippen molar-refractivity contribution in [3.05, 3.63) is 340 Å². The third kappa shape index (κ3) is 9.34.